The average Bonchev–Trinajstić information content (AvgIpc) is 3.39. The third-order valence-electron chi connectivity index (χ3n) is 6.97. The highest BCUT2D eigenvalue weighted by Crippen LogP contribution is 2.37. The molecule has 0 aliphatic heterocycles. The molecule has 7 nitrogen and oxygen atoms in total. The van der Waals surface area contributed by atoms with Crippen LogP contribution in [0.4, 0.5) is 0 Å². The van der Waals surface area contributed by atoms with Crippen molar-refractivity contribution in [2.24, 2.45) is 0 Å². The van der Waals surface area contributed by atoms with E-state index in [1.54, 1.807) is 13.3 Å². The van der Waals surface area contributed by atoms with Crippen molar-refractivity contribution in [3.05, 3.63) is 89.6 Å². The second kappa shape index (κ2) is 10.6. The molecule has 0 unspecified atom stereocenters. The first-order chi connectivity index (χ1) is 18.6. The first-order valence-electron chi connectivity index (χ1n) is 12.7. The summed E-state index contributed by atoms with van der Waals surface area (Å²) in [7, 11) is -2.68. The number of nitrogens with zero attached hydrogens (tertiary/aromatic N) is 2. The largest absolute Gasteiger partial charge is 0.748 e. The van der Waals surface area contributed by atoms with Crippen molar-refractivity contribution < 1.29 is 26.7 Å². The molecule has 5 rings (SSSR count). The number of methoxy groups -OCH3 is 1. The van der Waals surface area contributed by atoms with E-state index in [0.29, 0.717) is 23.9 Å². The number of fused-ring (bicyclic) bond motifs is 1. The van der Waals surface area contributed by atoms with Gasteiger partial charge in [0.05, 0.1) is 39.9 Å². The molecule has 3 aromatic carbocycles. The van der Waals surface area contributed by atoms with Gasteiger partial charge in [-0.15, -0.1) is 0 Å². The van der Waals surface area contributed by atoms with Crippen LogP contribution in [0.5, 0.6) is 5.75 Å². The normalized spacial score (nSPS) is 11.7. The monoisotopic (exact) mass is 542 g/mol. The molecule has 0 bridgehead atoms. The van der Waals surface area contributed by atoms with Crippen LogP contribution in [0.25, 0.3) is 44.9 Å². The summed E-state index contributed by atoms with van der Waals surface area (Å²) >= 11 is 0. The van der Waals surface area contributed by atoms with Gasteiger partial charge in [-0.2, -0.15) is 4.57 Å². The van der Waals surface area contributed by atoms with E-state index in [4.69, 9.17) is 9.15 Å². The molecule has 2 aromatic heterocycles. The molecule has 0 saturated carbocycles. The fourth-order valence-electron chi connectivity index (χ4n) is 4.86. The molecule has 0 aliphatic carbocycles. The van der Waals surface area contributed by atoms with Crippen LogP contribution in [0.15, 0.2) is 77.3 Å². The van der Waals surface area contributed by atoms with Gasteiger partial charge in [-0.1, -0.05) is 29.8 Å². The molecule has 0 radical (unpaired) electrons. The van der Waals surface area contributed by atoms with E-state index in [1.165, 1.54) is 0 Å². The van der Waals surface area contributed by atoms with Crippen LogP contribution in [0, 0.1) is 20.8 Å². The Morgan fingerprint density at radius 1 is 0.949 bits per heavy atom. The highest BCUT2D eigenvalue weighted by atomic mass is 32.2. The number of ether oxygens (including phenoxy) is 1. The fourth-order valence-corrected chi connectivity index (χ4v) is 5.35. The van der Waals surface area contributed by atoms with E-state index in [9.17, 15) is 13.0 Å². The van der Waals surface area contributed by atoms with Gasteiger partial charge in [-0.3, -0.25) is 0 Å². The summed E-state index contributed by atoms with van der Waals surface area (Å²) in [6, 6.07) is 22.0. The molecule has 8 heteroatoms. The first kappa shape index (κ1) is 26.6. The summed E-state index contributed by atoms with van der Waals surface area (Å²) in [4.78, 5) is 4.68. The molecular formula is C31H30N2O5S. The van der Waals surface area contributed by atoms with Gasteiger partial charge in [0.1, 0.15) is 5.75 Å². The Bertz CT molecular complexity index is 1780. The van der Waals surface area contributed by atoms with Crippen LogP contribution >= 0.6 is 0 Å². The lowest BCUT2D eigenvalue weighted by atomic mass is 10.0. The summed E-state index contributed by atoms with van der Waals surface area (Å²) in [5, 5.41) is 0.917. The molecule has 200 valence electrons. The molecule has 0 fully saturated rings. The number of oxazole rings is 1. The van der Waals surface area contributed by atoms with Gasteiger partial charge in [-0.05, 0) is 62.2 Å². The van der Waals surface area contributed by atoms with Crippen molar-refractivity contribution >= 4 is 21.0 Å². The van der Waals surface area contributed by atoms with Crippen molar-refractivity contribution in [2.45, 2.75) is 33.7 Å². The van der Waals surface area contributed by atoms with Gasteiger partial charge in [0.15, 0.2) is 12.3 Å². The maximum absolute atomic E-state index is 11.3. The van der Waals surface area contributed by atoms with E-state index >= 15 is 0 Å². The summed E-state index contributed by atoms with van der Waals surface area (Å²) < 4.78 is 48.1. The van der Waals surface area contributed by atoms with Crippen molar-refractivity contribution in [1.29, 1.82) is 0 Å². The molecular weight excluding hydrogens is 512 g/mol. The molecule has 0 spiro atoms. The van der Waals surface area contributed by atoms with E-state index in [-0.39, 0.29) is 6.42 Å². The zero-order chi connectivity index (χ0) is 27.7. The van der Waals surface area contributed by atoms with Crippen LogP contribution in [-0.4, -0.2) is 30.8 Å². The number of aromatic nitrogens is 2. The Hall–Kier alpha value is -4.01. The minimum Gasteiger partial charge on any atom is -0.748 e. The Labute approximate surface area is 228 Å². The van der Waals surface area contributed by atoms with Gasteiger partial charge in [-0.25, -0.2) is 13.4 Å². The molecule has 39 heavy (non-hydrogen) atoms. The van der Waals surface area contributed by atoms with Gasteiger partial charge in [0.2, 0.25) is 17.1 Å². The number of pyridine rings is 1. The Balaban J connectivity index is 1.71. The van der Waals surface area contributed by atoms with E-state index in [0.717, 1.165) is 50.0 Å². The standard InChI is InChI=1S/C31H30N2O5S/c1-20-11-12-27-24(15-20)25(31-32-19-30(38-31)26-16-21(2)22(3)17-29(26)37-4)18-28(23-9-6-5-7-10-23)33(27)13-8-14-39(34,35)36/h5-7,9-12,15-19H,8,13-14H2,1-4H3. The lowest BCUT2D eigenvalue weighted by Gasteiger charge is -2.12. The second-order valence-electron chi connectivity index (χ2n) is 9.76. The van der Waals surface area contributed by atoms with E-state index in [1.807, 2.05) is 81.4 Å². The van der Waals surface area contributed by atoms with E-state index < -0.39 is 15.9 Å². The van der Waals surface area contributed by atoms with Crippen LogP contribution < -0.4 is 9.30 Å². The maximum atomic E-state index is 11.3. The van der Waals surface area contributed by atoms with Crippen LogP contribution in [0.3, 0.4) is 0 Å². The number of hydrogen-bond acceptors (Lipinski definition) is 6. The SMILES string of the molecule is COc1cc(C)c(C)cc1-c1cnc(-c2cc(-c3ccccc3)[n+](CCCS(=O)(=O)[O-])c3ccc(C)cc23)o1. The summed E-state index contributed by atoms with van der Waals surface area (Å²) in [5.74, 6) is 1.35. The Morgan fingerprint density at radius 2 is 1.69 bits per heavy atom. The van der Waals surface area contributed by atoms with Crippen LogP contribution in [0.1, 0.15) is 23.1 Å². The van der Waals surface area contributed by atoms with Gasteiger partial charge >= 0.3 is 0 Å². The predicted octanol–water partition coefficient (Wildman–Crippen LogP) is 5.99. The van der Waals surface area contributed by atoms with Crippen molar-refractivity contribution in [3.63, 3.8) is 0 Å². The van der Waals surface area contributed by atoms with Crippen molar-refractivity contribution in [3.8, 4) is 39.8 Å². The summed E-state index contributed by atoms with van der Waals surface area (Å²) in [5.41, 5.74) is 7.67. The number of rotatable bonds is 8. The third kappa shape index (κ3) is 5.57. The lowest BCUT2D eigenvalue weighted by molar-refractivity contribution is -0.660. The van der Waals surface area contributed by atoms with Crippen LogP contribution in [0.2, 0.25) is 0 Å². The smallest absolute Gasteiger partial charge is 0.227 e. The quantitative estimate of drug-likeness (QED) is 0.177. The molecule has 0 aliphatic rings. The molecule has 5 aromatic rings. The minimum atomic E-state index is -4.32. The topological polar surface area (TPSA) is 96.3 Å². The van der Waals surface area contributed by atoms with Crippen LogP contribution in [-0.2, 0) is 16.7 Å². The molecule has 0 atom stereocenters. The summed E-state index contributed by atoms with van der Waals surface area (Å²) in [6.45, 7) is 6.47. The molecule has 0 N–H and O–H groups in total. The predicted molar refractivity (Wildman–Crippen MR) is 150 cm³/mol. The zero-order valence-corrected chi connectivity index (χ0v) is 23.2. The molecule has 0 amide bonds. The van der Waals surface area contributed by atoms with Gasteiger partial charge in [0.25, 0.3) is 0 Å². The minimum absolute atomic E-state index is 0.203. The highest BCUT2D eigenvalue weighted by molar-refractivity contribution is 7.85. The molecule has 2 heterocycles. The second-order valence-corrected chi connectivity index (χ2v) is 11.3. The Kier molecular flexibility index (Phi) is 7.25. The van der Waals surface area contributed by atoms with Crippen molar-refractivity contribution in [2.75, 3.05) is 12.9 Å². The van der Waals surface area contributed by atoms with Gasteiger partial charge in [0, 0.05) is 29.9 Å². The molecule has 0 saturated heterocycles. The fraction of sp³-hybridized carbons (Fsp3) is 0.226. The number of benzene rings is 3. The third-order valence-corrected chi connectivity index (χ3v) is 7.76. The average molecular weight is 543 g/mol. The Morgan fingerprint density at radius 3 is 2.41 bits per heavy atom. The van der Waals surface area contributed by atoms with Crippen molar-refractivity contribution in [1.82, 2.24) is 4.98 Å². The maximum Gasteiger partial charge on any atom is 0.227 e. The van der Waals surface area contributed by atoms with Gasteiger partial charge < -0.3 is 13.7 Å². The zero-order valence-electron chi connectivity index (χ0n) is 22.4. The first-order valence-corrected chi connectivity index (χ1v) is 14.3. The summed E-state index contributed by atoms with van der Waals surface area (Å²) in [6.07, 6.45) is 1.92. The number of aryl methyl sites for hydroxylation is 4. The number of hydrogen-bond donors (Lipinski definition) is 0. The highest BCUT2D eigenvalue weighted by Gasteiger charge is 2.24. The lowest BCUT2D eigenvalue weighted by Crippen LogP contribution is -2.38. The van der Waals surface area contributed by atoms with E-state index in [2.05, 4.69) is 15.6 Å².